The van der Waals surface area contributed by atoms with Crippen molar-refractivity contribution < 1.29 is 17.6 Å². The van der Waals surface area contributed by atoms with E-state index in [0.717, 1.165) is 18.6 Å². The van der Waals surface area contributed by atoms with Crippen LogP contribution in [-0.2, 0) is 9.84 Å². The van der Waals surface area contributed by atoms with Gasteiger partial charge in [-0.1, -0.05) is 11.6 Å². The predicted octanol–water partition coefficient (Wildman–Crippen LogP) is 3.97. The van der Waals surface area contributed by atoms with Crippen LogP contribution in [0.25, 0.3) is 11.5 Å². The monoisotopic (exact) mass is 436 g/mol. The highest BCUT2D eigenvalue weighted by Crippen LogP contribution is 2.26. The van der Waals surface area contributed by atoms with Gasteiger partial charge in [0.05, 0.1) is 28.5 Å². The third kappa shape index (κ3) is 4.80. The second-order valence-corrected chi connectivity index (χ2v) is 9.19. The Hall–Kier alpha value is -2.78. The SMILES string of the molecule is CC(C)n1cc(C(=O)Nc2cc(Cl)cc(S(C)(=O)=O)c2)cc1-c1ncc(F)cn1. The molecule has 1 aromatic carbocycles. The van der Waals surface area contributed by atoms with Gasteiger partial charge in [-0.05, 0) is 38.1 Å². The van der Waals surface area contributed by atoms with Gasteiger partial charge < -0.3 is 9.88 Å². The highest BCUT2D eigenvalue weighted by Gasteiger charge is 2.18. The molecule has 2 aromatic heterocycles. The number of sulfone groups is 1. The molecule has 0 spiro atoms. The number of hydrogen-bond acceptors (Lipinski definition) is 5. The van der Waals surface area contributed by atoms with Gasteiger partial charge in [-0.15, -0.1) is 0 Å². The molecule has 29 heavy (non-hydrogen) atoms. The maximum absolute atomic E-state index is 13.1. The van der Waals surface area contributed by atoms with Crippen LogP contribution in [0.1, 0.15) is 30.2 Å². The number of carbonyl (C=O) groups is 1. The minimum atomic E-state index is -3.49. The Morgan fingerprint density at radius 1 is 1.17 bits per heavy atom. The summed E-state index contributed by atoms with van der Waals surface area (Å²) in [6.45, 7) is 3.84. The summed E-state index contributed by atoms with van der Waals surface area (Å²) in [6, 6.07) is 5.68. The summed E-state index contributed by atoms with van der Waals surface area (Å²) in [5.41, 5.74) is 1.11. The number of benzene rings is 1. The van der Waals surface area contributed by atoms with Crippen molar-refractivity contribution in [1.29, 1.82) is 0 Å². The van der Waals surface area contributed by atoms with Crippen LogP contribution in [0.3, 0.4) is 0 Å². The quantitative estimate of drug-likeness (QED) is 0.653. The Bertz CT molecular complexity index is 1170. The van der Waals surface area contributed by atoms with Crippen LogP contribution >= 0.6 is 11.6 Å². The second-order valence-electron chi connectivity index (χ2n) is 6.74. The van der Waals surface area contributed by atoms with Crippen molar-refractivity contribution in [2.75, 3.05) is 11.6 Å². The molecule has 3 rings (SSSR count). The lowest BCUT2D eigenvalue weighted by atomic mass is 10.2. The zero-order chi connectivity index (χ0) is 21.3. The highest BCUT2D eigenvalue weighted by molar-refractivity contribution is 7.90. The summed E-state index contributed by atoms with van der Waals surface area (Å²) in [5, 5.41) is 2.83. The van der Waals surface area contributed by atoms with Crippen molar-refractivity contribution in [2.24, 2.45) is 0 Å². The van der Waals surface area contributed by atoms with Gasteiger partial charge in [0.2, 0.25) is 0 Å². The second kappa shape index (κ2) is 7.92. The van der Waals surface area contributed by atoms with E-state index in [9.17, 15) is 17.6 Å². The molecule has 0 aliphatic rings. The first-order valence-corrected chi connectivity index (χ1v) is 10.8. The van der Waals surface area contributed by atoms with Crippen molar-refractivity contribution >= 4 is 33.0 Å². The van der Waals surface area contributed by atoms with E-state index in [1.165, 1.54) is 18.2 Å². The Balaban J connectivity index is 1.95. The molecule has 0 saturated heterocycles. The fourth-order valence-electron chi connectivity index (χ4n) is 2.71. The third-order valence-electron chi connectivity index (χ3n) is 4.07. The number of nitrogens with one attached hydrogen (secondary N) is 1. The van der Waals surface area contributed by atoms with E-state index in [2.05, 4.69) is 15.3 Å². The standard InChI is InChI=1S/C19H18ClFN4O3S/c1-11(2)25-10-12(4-17(25)18-22-8-14(21)9-23-18)19(26)24-15-5-13(20)6-16(7-15)29(3,27)28/h4-11H,1-3H3,(H,24,26). The average Bonchev–Trinajstić information content (AvgIpc) is 3.07. The first-order valence-electron chi connectivity index (χ1n) is 8.56. The predicted molar refractivity (Wildman–Crippen MR) is 108 cm³/mol. The smallest absolute Gasteiger partial charge is 0.257 e. The molecule has 1 N–H and O–H groups in total. The van der Waals surface area contributed by atoms with Crippen LogP contribution in [-0.4, -0.2) is 35.1 Å². The van der Waals surface area contributed by atoms with Gasteiger partial charge >= 0.3 is 0 Å². The molecule has 0 aliphatic carbocycles. The number of aromatic nitrogens is 3. The summed E-state index contributed by atoms with van der Waals surface area (Å²) in [5.74, 6) is -0.743. The number of anilines is 1. The van der Waals surface area contributed by atoms with Crippen molar-refractivity contribution in [3.63, 3.8) is 0 Å². The minimum absolute atomic E-state index is 0.000418. The lowest BCUT2D eigenvalue weighted by molar-refractivity contribution is 0.102. The molecule has 0 bridgehead atoms. The molecule has 0 fully saturated rings. The van der Waals surface area contributed by atoms with Crippen LogP contribution in [0.5, 0.6) is 0 Å². The molecule has 0 unspecified atom stereocenters. The molecule has 0 radical (unpaired) electrons. The summed E-state index contributed by atoms with van der Waals surface area (Å²) >= 11 is 5.98. The maximum Gasteiger partial charge on any atom is 0.257 e. The lowest BCUT2D eigenvalue weighted by Crippen LogP contribution is -2.12. The maximum atomic E-state index is 13.1. The van der Waals surface area contributed by atoms with Gasteiger partial charge in [0, 0.05) is 29.2 Å². The molecule has 2 heterocycles. The van der Waals surface area contributed by atoms with E-state index >= 15 is 0 Å². The van der Waals surface area contributed by atoms with Crippen molar-refractivity contribution in [3.05, 3.63) is 59.3 Å². The minimum Gasteiger partial charge on any atom is -0.342 e. The van der Waals surface area contributed by atoms with Crippen molar-refractivity contribution in [1.82, 2.24) is 14.5 Å². The van der Waals surface area contributed by atoms with Crippen molar-refractivity contribution in [2.45, 2.75) is 24.8 Å². The molecule has 7 nitrogen and oxygen atoms in total. The Morgan fingerprint density at radius 2 is 1.83 bits per heavy atom. The van der Waals surface area contributed by atoms with E-state index in [1.807, 2.05) is 13.8 Å². The summed E-state index contributed by atoms with van der Waals surface area (Å²) in [6.07, 6.45) is 4.79. The summed E-state index contributed by atoms with van der Waals surface area (Å²) < 4.78 is 38.5. The van der Waals surface area contributed by atoms with Crippen LogP contribution < -0.4 is 5.32 Å². The fourth-order valence-corrected chi connectivity index (χ4v) is 3.69. The molecule has 10 heteroatoms. The van der Waals surface area contributed by atoms with Crippen LogP contribution in [0, 0.1) is 5.82 Å². The van der Waals surface area contributed by atoms with E-state index in [0.29, 0.717) is 11.3 Å². The number of rotatable bonds is 5. The number of nitrogens with zero attached hydrogens (tertiary/aromatic N) is 3. The van der Waals surface area contributed by atoms with Gasteiger partial charge in [0.15, 0.2) is 21.5 Å². The van der Waals surface area contributed by atoms with E-state index in [4.69, 9.17) is 11.6 Å². The van der Waals surface area contributed by atoms with Gasteiger partial charge in [-0.25, -0.2) is 22.8 Å². The Morgan fingerprint density at radius 3 is 2.41 bits per heavy atom. The molecule has 0 saturated carbocycles. The molecule has 3 aromatic rings. The zero-order valence-corrected chi connectivity index (χ0v) is 17.4. The number of hydrogen-bond donors (Lipinski definition) is 1. The van der Waals surface area contributed by atoms with Crippen LogP contribution in [0.15, 0.2) is 47.8 Å². The van der Waals surface area contributed by atoms with Gasteiger partial charge in [-0.2, -0.15) is 0 Å². The fraction of sp³-hybridized carbons (Fsp3) is 0.211. The van der Waals surface area contributed by atoms with Crippen LogP contribution in [0.4, 0.5) is 10.1 Å². The molecule has 0 atom stereocenters. The summed E-state index contributed by atoms with van der Waals surface area (Å²) in [7, 11) is -3.49. The molecule has 0 aliphatic heterocycles. The molecule has 152 valence electrons. The first kappa shape index (κ1) is 20.9. The number of amides is 1. The first-order chi connectivity index (χ1) is 13.5. The third-order valence-corrected chi connectivity index (χ3v) is 5.38. The number of carbonyl (C=O) groups excluding carboxylic acids is 1. The summed E-state index contributed by atoms with van der Waals surface area (Å²) in [4.78, 5) is 20.7. The molecular formula is C19H18ClFN4O3S. The molecule has 1 amide bonds. The Labute approximate surface area is 172 Å². The topological polar surface area (TPSA) is 94.0 Å². The lowest BCUT2D eigenvalue weighted by Gasteiger charge is -2.11. The van der Waals surface area contributed by atoms with E-state index in [1.54, 1.807) is 16.8 Å². The van der Waals surface area contributed by atoms with E-state index in [-0.39, 0.29) is 27.5 Å². The van der Waals surface area contributed by atoms with Gasteiger partial charge in [0.1, 0.15) is 0 Å². The Kier molecular flexibility index (Phi) is 5.72. The zero-order valence-electron chi connectivity index (χ0n) is 15.8. The average molecular weight is 437 g/mol. The highest BCUT2D eigenvalue weighted by atomic mass is 35.5. The largest absolute Gasteiger partial charge is 0.342 e. The van der Waals surface area contributed by atoms with E-state index < -0.39 is 21.6 Å². The molecular weight excluding hydrogens is 419 g/mol. The van der Waals surface area contributed by atoms with Gasteiger partial charge in [-0.3, -0.25) is 4.79 Å². The van der Waals surface area contributed by atoms with Gasteiger partial charge in [0.25, 0.3) is 5.91 Å². The van der Waals surface area contributed by atoms with Crippen LogP contribution in [0.2, 0.25) is 5.02 Å². The number of halogens is 2. The van der Waals surface area contributed by atoms with Crippen molar-refractivity contribution in [3.8, 4) is 11.5 Å². The normalized spacial score (nSPS) is 11.7.